The maximum atomic E-state index is 6.51. The second-order valence-electron chi connectivity index (χ2n) is 11.5. The zero-order chi connectivity index (χ0) is 29.0. The molecule has 0 radical (unpaired) electrons. The van der Waals surface area contributed by atoms with E-state index in [2.05, 4.69) is 147 Å². The fourth-order valence-electron chi connectivity index (χ4n) is 6.10. The summed E-state index contributed by atoms with van der Waals surface area (Å²) in [6, 6.07) is 47.5. The highest BCUT2D eigenvalue weighted by molar-refractivity contribution is 8.05. The molecule has 0 unspecified atom stereocenters. The van der Waals surface area contributed by atoms with E-state index in [1.807, 2.05) is 29.6 Å². The fraction of sp³-hybridized carbons (Fsp3) is 0.0769. The molecule has 208 valence electrons. The van der Waals surface area contributed by atoms with Gasteiger partial charge in [-0.15, -0.1) is 0 Å². The number of hydrogen-bond donors (Lipinski definition) is 1. The molecule has 2 aliphatic heterocycles. The topological polar surface area (TPSA) is 21.3 Å². The smallest absolute Gasteiger partial charge is 0.139 e. The lowest BCUT2D eigenvalue weighted by molar-refractivity contribution is 0.419. The molecule has 0 fully saturated rings. The summed E-state index contributed by atoms with van der Waals surface area (Å²) in [5.41, 5.74) is 9.17. The van der Waals surface area contributed by atoms with E-state index in [0.717, 1.165) is 34.0 Å². The van der Waals surface area contributed by atoms with Crippen LogP contribution in [-0.4, -0.2) is 0 Å². The second-order valence-corrected chi connectivity index (χ2v) is 13.6. The van der Waals surface area contributed by atoms with Crippen molar-refractivity contribution in [1.29, 1.82) is 0 Å². The first-order valence-electron chi connectivity index (χ1n) is 14.5. The zero-order valence-electron chi connectivity index (χ0n) is 23.9. The van der Waals surface area contributed by atoms with Gasteiger partial charge in [-0.2, -0.15) is 0 Å². The minimum atomic E-state index is -0.130. The van der Waals surface area contributed by atoms with Gasteiger partial charge in [0.15, 0.2) is 0 Å². The van der Waals surface area contributed by atoms with Gasteiger partial charge in [-0.1, -0.05) is 122 Å². The number of para-hydroxylation sites is 2. The van der Waals surface area contributed by atoms with Crippen LogP contribution in [0.1, 0.15) is 25.0 Å². The number of ether oxygens (including phenoxy) is 1. The van der Waals surface area contributed by atoms with Gasteiger partial charge in [-0.3, -0.25) is 0 Å². The van der Waals surface area contributed by atoms with Crippen LogP contribution >= 0.6 is 23.5 Å². The van der Waals surface area contributed by atoms with Crippen molar-refractivity contribution in [1.82, 2.24) is 0 Å². The van der Waals surface area contributed by atoms with E-state index in [-0.39, 0.29) is 5.41 Å². The highest BCUT2D eigenvalue weighted by atomic mass is 32.2. The summed E-state index contributed by atoms with van der Waals surface area (Å²) in [7, 11) is 0. The molecule has 4 heteroatoms. The molecule has 0 aromatic heterocycles. The van der Waals surface area contributed by atoms with Crippen LogP contribution in [0.2, 0.25) is 0 Å². The summed E-state index contributed by atoms with van der Waals surface area (Å²) in [5.74, 6) is 1.89. The van der Waals surface area contributed by atoms with E-state index in [1.165, 1.54) is 41.8 Å². The Morgan fingerprint density at radius 2 is 1.07 bits per heavy atom. The van der Waals surface area contributed by atoms with Crippen molar-refractivity contribution in [3.05, 3.63) is 145 Å². The summed E-state index contributed by atoms with van der Waals surface area (Å²) in [5, 5.41) is 3.58. The summed E-state index contributed by atoms with van der Waals surface area (Å²) < 4.78 is 6.51. The predicted octanol–water partition coefficient (Wildman–Crippen LogP) is 11.8. The number of fused-ring (bicyclic) bond motifs is 4. The van der Waals surface area contributed by atoms with Crippen LogP contribution in [0.4, 0.5) is 11.4 Å². The van der Waals surface area contributed by atoms with Crippen molar-refractivity contribution in [2.75, 3.05) is 5.32 Å². The average molecular weight is 592 g/mol. The highest BCUT2D eigenvalue weighted by Crippen LogP contribution is 2.52. The van der Waals surface area contributed by atoms with Crippen molar-refractivity contribution in [3.8, 4) is 33.8 Å². The third kappa shape index (κ3) is 4.62. The van der Waals surface area contributed by atoms with E-state index >= 15 is 0 Å². The number of rotatable bonds is 4. The minimum absolute atomic E-state index is 0.130. The van der Waals surface area contributed by atoms with Crippen LogP contribution in [0, 0.1) is 0 Å². The zero-order valence-corrected chi connectivity index (χ0v) is 25.6. The maximum Gasteiger partial charge on any atom is 0.139 e. The molecule has 2 heterocycles. The molecule has 2 aliphatic rings. The molecule has 0 saturated heterocycles. The van der Waals surface area contributed by atoms with Crippen LogP contribution in [0.15, 0.2) is 153 Å². The van der Waals surface area contributed by atoms with Crippen molar-refractivity contribution in [2.24, 2.45) is 0 Å². The lowest BCUT2D eigenvalue weighted by atomic mass is 9.75. The van der Waals surface area contributed by atoms with Crippen molar-refractivity contribution >= 4 is 34.9 Å². The Kier molecular flexibility index (Phi) is 6.36. The largest absolute Gasteiger partial charge is 0.456 e. The Morgan fingerprint density at radius 3 is 1.81 bits per heavy atom. The van der Waals surface area contributed by atoms with E-state index in [4.69, 9.17) is 4.74 Å². The summed E-state index contributed by atoms with van der Waals surface area (Å²) in [6.07, 6.45) is 0. The van der Waals surface area contributed by atoms with Crippen molar-refractivity contribution < 1.29 is 4.74 Å². The van der Waals surface area contributed by atoms with E-state index in [1.54, 1.807) is 0 Å². The van der Waals surface area contributed by atoms with E-state index in [0.29, 0.717) is 0 Å². The van der Waals surface area contributed by atoms with Crippen LogP contribution in [-0.2, 0) is 5.41 Å². The third-order valence-corrected chi connectivity index (χ3v) is 11.0. The van der Waals surface area contributed by atoms with E-state index < -0.39 is 0 Å². The molecule has 6 aromatic rings. The fourth-order valence-corrected chi connectivity index (χ4v) is 8.50. The molecule has 0 aliphatic carbocycles. The van der Waals surface area contributed by atoms with Gasteiger partial charge in [-0.25, -0.2) is 0 Å². The second kappa shape index (κ2) is 10.4. The lowest BCUT2D eigenvalue weighted by Crippen LogP contribution is -2.24. The third-order valence-electron chi connectivity index (χ3n) is 8.40. The van der Waals surface area contributed by atoms with Crippen LogP contribution < -0.4 is 10.1 Å². The Bertz CT molecular complexity index is 1990. The molecule has 2 nitrogen and oxygen atoms in total. The van der Waals surface area contributed by atoms with Crippen LogP contribution in [0.25, 0.3) is 22.3 Å². The van der Waals surface area contributed by atoms with Gasteiger partial charge in [0.25, 0.3) is 0 Å². The first kappa shape index (κ1) is 26.3. The Labute approximate surface area is 261 Å². The van der Waals surface area contributed by atoms with Crippen LogP contribution in [0.3, 0.4) is 0 Å². The van der Waals surface area contributed by atoms with Gasteiger partial charge in [0, 0.05) is 53.1 Å². The van der Waals surface area contributed by atoms with Gasteiger partial charge in [0.2, 0.25) is 0 Å². The molecule has 0 bridgehead atoms. The SMILES string of the molecule is CC1(C)c2ccccc2Oc2c(-c3ccc(Nc4ccc(-c5cccc6c5Sc5ccccc5S6)cc4)cc3)cccc21. The van der Waals surface area contributed by atoms with Crippen molar-refractivity contribution in [3.63, 3.8) is 0 Å². The van der Waals surface area contributed by atoms with Gasteiger partial charge >= 0.3 is 0 Å². The molecular weight excluding hydrogens is 563 g/mol. The number of benzene rings is 6. The van der Waals surface area contributed by atoms with Crippen molar-refractivity contribution in [2.45, 2.75) is 38.8 Å². The normalized spacial score (nSPS) is 14.0. The predicted molar refractivity (Wildman–Crippen MR) is 180 cm³/mol. The summed E-state index contributed by atoms with van der Waals surface area (Å²) >= 11 is 3.73. The molecular formula is C39H29NOS2. The Balaban J connectivity index is 1.03. The first-order valence-corrected chi connectivity index (χ1v) is 16.1. The van der Waals surface area contributed by atoms with Crippen LogP contribution in [0.5, 0.6) is 11.5 Å². The van der Waals surface area contributed by atoms with Gasteiger partial charge in [-0.05, 0) is 65.2 Å². The molecule has 0 amide bonds. The number of hydrogen-bond acceptors (Lipinski definition) is 4. The molecule has 0 spiro atoms. The molecule has 6 aromatic carbocycles. The number of anilines is 2. The minimum Gasteiger partial charge on any atom is -0.456 e. The highest BCUT2D eigenvalue weighted by Gasteiger charge is 2.35. The Hall–Kier alpha value is -4.38. The molecule has 43 heavy (non-hydrogen) atoms. The van der Waals surface area contributed by atoms with Gasteiger partial charge in [0.1, 0.15) is 11.5 Å². The molecule has 0 atom stereocenters. The van der Waals surface area contributed by atoms with E-state index in [9.17, 15) is 0 Å². The first-order chi connectivity index (χ1) is 21.0. The Morgan fingerprint density at radius 1 is 0.512 bits per heavy atom. The number of nitrogens with one attached hydrogen (secondary N) is 1. The quantitative estimate of drug-likeness (QED) is 0.220. The van der Waals surface area contributed by atoms with Gasteiger partial charge in [0.05, 0.1) is 0 Å². The monoisotopic (exact) mass is 591 g/mol. The summed E-state index contributed by atoms with van der Waals surface area (Å²) in [4.78, 5) is 5.31. The lowest BCUT2D eigenvalue weighted by Gasteiger charge is -2.35. The average Bonchev–Trinajstić information content (AvgIpc) is 3.04. The molecule has 0 saturated carbocycles. The van der Waals surface area contributed by atoms with Gasteiger partial charge < -0.3 is 10.1 Å². The maximum absolute atomic E-state index is 6.51. The molecule has 8 rings (SSSR count). The molecule has 1 N–H and O–H groups in total. The summed E-state index contributed by atoms with van der Waals surface area (Å²) in [6.45, 7) is 4.55. The standard InChI is InChI=1S/C39H29NOS2/c1-39(2)31-11-3-4-13-33(31)41-37-29(9-7-12-32(37)39)25-17-21-27(22-18-25)40-28-23-19-26(20-24-28)30-10-8-16-36-38(30)43-35-15-6-5-14-34(35)42-36/h3-24,40H,1-2H3.